The first-order chi connectivity index (χ1) is 17.2. The normalized spacial score (nSPS) is 11.8. The number of hydrogen-bond donors (Lipinski definition) is 1. The van der Waals surface area contributed by atoms with Crippen LogP contribution in [0.1, 0.15) is 15.9 Å². The van der Waals surface area contributed by atoms with E-state index in [4.69, 9.17) is 27.9 Å². The maximum absolute atomic E-state index is 14.1. The fourth-order valence-electron chi connectivity index (χ4n) is 3.88. The highest BCUT2D eigenvalue weighted by molar-refractivity contribution is 6.37. The molecule has 1 N–H and O–H groups in total. The number of nitrogens with zero attached hydrogens (tertiary/aromatic N) is 1. The molecule has 1 amide bonds. The minimum Gasteiger partial charge on any atom is -0.467 e. The zero-order valence-corrected chi connectivity index (χ0v) is 20.1. The van der Waals surface area contributed by atoms with E-state index >= 15 is 0 Å². The van der Waals surface area contributed by atoms with Crippen LogP contribution in [-0.4, -0.2) is 30.0 Å². The highest BCUT2D eigenvalue weighted by atomic mass is 35.5. The molecule has 184 valence electrons. The number of esters is 1. The smallest absolute Gasteiger partial charge is 0.328 e. The molecule has 0 radical (unpaired) electrons. The van der Waals surface area contributed by atoms with Gasteiger partial charge < -0.3 is 10.1 Å². The standard InChI is InChI=1S/C26H17Cl2F3N2O3/c1-36-26(35)21(33-25(34)23-19(30)3-2-4-20(23)31)11-13-5-7-16(15-8-6-14(29)12-18(15)28)22-17(27)9-10-32-24(13)22/h2-10,12,21H,11H2,1H3,(H,33,34)/t21-/m0/s1. The molecule has 1 heterocycles. The molecule has 5 nitrogen and oxygen atoms in total. The van der Waals surface area contributed by atoms with Crippen LogP contribution in [0.25, 0.3) is 22.0 Å². The van der Waals surface area contributed by atoms with E-state index in [1.165, 1.54) is 24.4 Å². The number of hydrogen-bond acceptors (Lipinski definition) is 4. The Morgan fingerprint density at radius 3 is 2.33 bits per heavy atom. The SMILES string of the molecule is COC(=O)[C@H](Cc1ccc(-c2ccc(F)cc2Cl)c2c(Cl)ccnc12)NC(=O)c1c(F)cccc1F. The molecule has 0 bridgehead atoms. The summed E-state index contributed by atoms with van der Waals surface area (Å²) >= 11 is 12.8. The van der Waals surface area contributed by atoms with Crippen molar-refractivity contribution in [3.63, 3.8) is 0 Å². The first kappa shape index (κ1) is 25.5. The van der Waals surface area contributed by atoms with Gasteiger partial charge in [-0.15, -0.1) is 0 Å². The lowest BCUT2D eigenvalue weighted by atomic mass is 9.95. The van der Waals surface area contributed by atoms with E-state index in [-0.39, 0.29) is 11.4 Å². The van der Waals surface area contributed by atoms with E-state index in [1.807, 2.05) is 0 Å². The van der Waals surface area contributed by atoms with Crippen molar-refractivity contribution in [3.05, 3.63) is 99.4 Å². The maximum atomic E-state index is 14.1. The Bertz CT molecular complexity index is 1480. The Balaban J connectivity index is 1.76. The van der Waals surface area contributed by atoms with Gasteiger partial charge in [0.15, 0.2) is 0 Å². The molecular formula is C26H17Cl2F3N2O3. The highest BCUT2D eigenvalue weighted by Gasteiger charge is 2.27. The number of nitrogens with one attached hydrogen (secondary N) is 1. The molecule has 3 aromatic carbocycles. The monoisotopic (exact) mass is 532 g/mol. The van der Waals surface area contributed by atoms with Crippen molar-refractivity contribution < 1.29 is 27.5 Å². The van der Waals surface area contributed by atoms with Gasteiger partial charge in [0.2, 0.25) is 0 Å². The van der Waals surface area contributed by atoms with E-state index in [9.17, 15) is 22.8 Å². The van der Waals surface area contributed by atoms with Crippen molar-refractivity contribution >= 4 is 46.0 Å². The summed E-state index contributed by atoms with van der Waals surface area (Å²) in [5.74, 6) is -4.60. The second-order valence-electron chi connectivity index (χ2n) is 7.76. The zero-order chi connectivity index (χ0) is 26.0. The number of methoxy groups -OCH3 is 1. The number of benzene rings is 3. The summed E-state index contributed by atoms with van der Waals surface area (Å²) < 4.78 is 46.6. The van der Waals surface area contributed by atoms with Crippen LogP contribution in [0, 0.1) is 17.5 Å². The molecule has 0 aliphatic carbocycles. The number of pyridine rings is 1. The molecule has 0 saturated carbocycles. The van der Waals surface area contributed by atoms with Gasteiger partial charge in [-0.3, -0.25) is 9.78 Å². The van der Waals surface area contributed by atoms with E-state index in [2.05, 4.69) is 10.3 Å². The Morgan fingerprint density at radius 1 is 0.972 bits per heavy atom. The van der Waals surface area contributed by atoms with Crippen molar-refractivity contribution in [2.75, 3.05) is 7.11 Å². The number of rotatable bonds is 6. The molecule has 0 aliphatic rings. The van der Waals surface area contributed by atoms with Crippen LogP contribution in [0.5, 0.6) is 0 Å². The minimum atomic E-state index is -1.30. The average Bonchev–Trinajstić information content (AvgIpc) is 2.83. The summed E-state index contributed by atoms with van der Waals surface area (Å²) in [6, 6.07) is 10.5. The summed E-state index contributed by atoms with van der Waals surface area (Å²) in [5, 5.41) is 3.31. The lowest BCUT2D eigenvalue weighted by molar-refractivity contribution is -0.142. The number of carbonyl (C=O) groups excluding carboxylic acids is 2. The van der Waals surface area contributed by atoms with Crippen molar-refractivity contribution in [1.29, 1.82) is 0 Å². The molecule has 0 aliphatic heterocycles. The molecule has 0 fully saturated rings. The van der Waals surface area contributed by atoms with Gasteiger partial charge >= 0.3 is 5.97 Å². The van der Waals surface area contributed by atoms with Crippen LogP contribution in [0.15, 0.2) is 60.8 Å². The Hall–Kier alpha value is -3.62. The minimum absolute atomic E-state index is 0.129. The molecule has 0 unspecified atom stereocenters. The van der Waals surface area contributed by atoms with Gasteiger partial charge in [0.05, 0.1) is 22.7 Å². The second kappa shape index (κ2) is 10.6. The number of ether oxygens (including phenoxy) is 1. The fraction of sp³-hybridized carbons (Fsp3) is 0.115. The predicted octanol–water partition coefficient (Wildman–Crippen LogP) is 6.14. The number of fused-ring (bicyclic) bond motifs is 1. The number of aromatic nitrogens is 1. The first-order valence-electron chi connectivity index (χ1n) is 10.6. The van der Waals surface area contributed by atoms with Gasteiger partial charge in [-0.1, -0.05) is 41.4 Å². The molecule has 1 atom stereocenters. The molecular weight excluding hydrogens is 516 g/mol. The Labute approximate surface area is 213 Å². The van der Waals surface area contributed by atoms with Crippen LogP contribution in [0.2, 0.25) is 10.0 Å². The van der Waals surface area contributed by atoms with Gasteiger partial charge in [-0.05, 0) is 47.5 Å². The number of amides is 1. The van der Waals surface area contributed by atoms with E-state index in [0.717, 1.165) is 25.3 Å². The largest absolute Gasteiger partial charge is 0.467 e. The summed E-state index contributed by atoms with van der Waals surface area (Å²) in [7, 11) is 1.12. The van der Waals surface area contributed by atoms with Gasteiger partial charge in [0, 0.05) is 23.6 Å². The lowest BCUT2D eigenvalue weighted by Gasteiger charge is -2.19. The third-order valence-corrected chi connectivity index (χ3v) is 6.18. The molecule has 4 aromatic rings. The number of halogens is 5. The van der Waals surface area contributed by atoms with Crippen molar-refractivity contribution in [2.45, 2.75) is 12.5 Å². The lowest BCUT2D eigenvalue weighted by Crippen LogP contribution is -2.43. The molecule has 0 saturated heterocycles. The van der Waals surface area contributed by atoms with E-state index in [1.54, 1.807) is 18.2 Å². The Morgan fingerprint density at radius 2 is 1.67 bits per heavy atom. The number of carbonyl (C=O) groups is 2. The molecule has 4 rings (SSSR count). The van der Waals surface area contributed by atoms with Gasteiger partial charge in [0.25, 0.3) is 5.91 Å². The van der Waals surface area contributed by atoms with E-state index in [0.29, 0.717) is 32.6 Å². The third kappa shape index (κ3) is 5.01. The maximum Gasteiger partial charge on any atom is 0.328 e. The quantitative estimate of drug-likeness (QED) is 0.303. The van der Waals surface area contributed by atoms with Crippen molar-refractivity contribution in [1.82, 2.24) is 10.3 Å². The first-order valence-corrected chi connectivity index (χ1v) is 11.3. The third-order valence-electron chi connectivity index (χ3n) is 5.55. The zero-order valence-electron chi connectivity index (χ0n) is 18.6. The molecule has 36 heavy (non-hydrogen) atoms. The second-order valence-corrected chi connectivity index (χ2v) is 8.58. The molecule has 10 heteroatoms. The van der Waals surface area contributed by atoms with Crippen LogP contribution >= 0.6 is 23.2 Å². The highest BCUT2D eigenvalue weighted by Crippen LogP contribution is 2.38. The van der Waals surface area contributed by atoms with Gasteiger partial charge in [-0.25, -0.2) is 18.0 Å². The predicted molar refractivity (Wildman–Crippen MR) is 130 cm³/mol. The summed E-state index contributed by atoms with van der Waals surface area (Å²) in [5.41, 5.74) is 1.14. The molecule has 1 aromatic heterocycles. The van der Waals surface area contributed by atoms with Gasteiger partial charge in [-0.2, -0.15) is 0 Å². The van der Waals surface area contributed by atoms with Crippen LogP contribution < -0.4 is 5.32 Å². The van der Waals surface area contributed by atoms with Crippen LogP contribution in [0.4, 0.5) is 13.2 Å². The summed E-state index contributed by atoms with van der Waals surface area (Å²) in [4.78, 5) is 29.5. The fourth-order valence-corrected chi connectivity index (χ4v) is 4.40. The van der Waals surface area contributed by atoms with Gasteiger partial charge in [0.1, 0.15) is 29.1 Å². The van der Waals surface area contributed by atoms with Crippen molar-refractivity contribution in [2.24, 2.45) is 0 Å². The van der Waals surface area contributed by atoms with Crippen molar-refractivity contribution in [3.8, 4) is 11.1 Å². The topological polar surface area (TPSA) is 68.3 Å². The molecule has 0 spiro atoms. The Kier molecular flexibility index (Phi) is 7.47. The van der Waals surface area contributed by atoms with E-state index < -0.39 is 40.9 Å². The summed E-state index contributed by atoms with van der Waals surface area (Å²) in [6.45, 7) is 0. The van der Waals surface area contributed by atoms with Crippen LogP contribution in [-0.2, 0) is 16.0 Å². The average molecular weight is 533 g/mol. The summed E-state index contributed by atoms with van der Waals surface area (Å²) in [6.07, 6.45) is 1.33. The van der Waals surface area contributed by atoms with Crippen LogP contribution in [0.3, 0.4) is 0 Å².